The minimum Gasteiger partial charge on any atom is -0.387 e. The van der Waals surface area contributed by atoms with E-state index in [4.69, 9.17) is 0 Å². The number of nitrogens with zero attached hydrogens (tertiary/aromatic N) is 2. The van der Waals surface area contributed by atoms with Crippen molar-refractivity contribution in [1.29, 1.82) is 0 Å². The Morgan fingerprint density at radius 2 is 1.71 bits per heavy atom. The van der Waals surface area contributed by atoms with Gasteiger partial charge in [0.2, 0.25) is 0 Å². The number of likely N-dealkylation sites (tertiary alicyclic amines) is 2. The molecule has 0 aromatic heterocycles. The van der Waals surface area contributed by atoms with E-state index in [0.717, 1.165) is 0 Å². The van der Waals surface area contributed by atoms with Crippen LogP contribution in [0, 0.1) is 5.82 Å². The Bertz CT molecular complexity index is 598. The highest BCUT2D eigenvalue weighted by molar-refractivity contribution is 5.94. The van der Waals surface area contributed by atoms with Crippen LogP contribution in [0.4, 0.5) is 13.2 Å². The fraction of sp³-hybridized carbons (Fsp3) is 0.588. The van der Waals surface area contributed by atoms with E-state index < -0.39 is 17.3 Å². The Labute approximate surface area is 138 Å². The fourth-order valence-corrected chi connectivity index (χ4v) is 3.39. The quantitative estimate of drug-likeness (QED) is 0.915. The number of hydrogen-bond acceptors (Lipinski definition) is 3. The molecule has 1 atom stereocenters. The molecular formula is C17H21F3N2O2. The molecule has 0 aliphatic carbocycles. The van der Waals surface area contributed by atoms with Crippen molar-refractivity contribution in [3.05, 3.63) is 35.6 Å². The average Bonchev–Trinajstić information content (AvgIpc) is 2.92. The number of piperidine rings is 1. The van der Waals surface area contributed by atoms with Gasteiger partial charge in [0.1, 0.15) is 5.82 Å². The number of aliphatic hydroxyl groups is 1. The van der Waals surface area contributed by atoms with Gasteiger partial charge in [-0.2, -0.15) is 0 Å². The zero-order chi connectivity index (χ0) is 17.4. The number of hydrogen-bond donors (Lipinski definition) is 1. The summed E-state index contributed by atoms with van der Waals surface area (Å²) in [6.45, 7) is 1.35. The number of rotatable bonds is 3. The van der Waals surface area contributed by atoms with Crippen molar-refractivity contribution < 1.29 is 23.1 Å². The lowest BCUT2D eigenvalue weighted by atomic mass is 10.00. The maximum Gasteiger partial charge on any atom is 0.253 e. The van der Waals surface area contributed by atoms with Crippen LogP contribution in [0.1, 0.15) is 29.6 Å². The summed E-state index contributed by atoms with van der Waals surface area (Å²) in [5, 5.41) is 10.7. The summed E-state index contributed by atoms with van der Waals surface area (Å²) in [6, 6.07) is 5.29. The van der Waals surface area contributed by atoms with Crippen LogP contribution in [0.3, 0.4) is 0 Å². The molecule has 0 spiro atoms. The van der Waals surface area contributed by atoms with Crippen molar-refractivity contribution in [2.45, 2.75) is 30.8 Å². The zero-order valence-corrected chi connectivity index (χ0v) is 13.4. The molecule has 2 fully saturated rings. The molecule has 0 bridgehead atoms. The molecule has 2 aliphatic heterocycles. The topological polar surface area (TPSA) is 43.8 Å². The molecule has 2 aliphatic rings. The van der Waals surface area contributed by atoms with E-state index in [1.807, 2.05) is 4.90 Å². The number of carbonyl (C=O) groups excluding carboxylic acids is 1. The van der Waals surface area contributed by atoms with E-state index in [1.54, 1.807) is 0 Å². The number of alkyl halides is 2. The molecule has 3 rings (SSSR count). The van der Waals surface area contributed by atoms with Gasteiger partial charge < -0.3 is 10.0 Å². The number of β-amino-alcohol motifs (C(OH)–C–C–N with tert-alkyl or cyclic N) is 1. The Balaban J connectivity index is 1.57. The molecule has 1 amide bonds. The maximum atomic E-state index is 13.2. The van der Waals surface area contributed by atoms with E-state index in [2.05, 4.69) is 0 Å². The van der Waals surface area contributed by atoms with Gasteiger partial charge in [-0.25, -0.2) is 13.2 Å². The van der Waals surface area contributed by atoms with Gasteiger partial charge in [-0.05, 0) is 30.7 Å². The number of halogens is 3. The Morgan fingerprint density at radius 3 is 2.33 bits per heavy atom. The van der Waals surface area contributed by atoms with Gasteiger partial charge in [0.15, 0.2) is 0 Å². The Kier molecular flexibility index (Phi) is 4.57. The second-order valence-corrected chi connectivity index (χ2v) is 6.84. The highest BCUT2D eigenvalue weighted by Gasteiger charge is 2.42. The van der Waals surface area contributed by atoms with Crippen molar-refractivity contribution >= 4 is 5.91 Å². The average molecular weight is 342 g/mol. The van der Waals surface area contributed by atoms with Gasteiger partial charge in [0, 0.05) is 44.6 Å². The number of amides is 1. The molecule has 1 aromatic rings. The van der Waals surface area contributed by atoms with Gasteiger partial charge in [0.05, 0.1) is 12.1 Å². The van der Waals surface area contributed by atoms with Crippen molar-refractivity contribution in [1.82, 2.24) is 9.80 Å². The molecule has 7 heteroatoms. The van der Waals surface area contributed by atoms with Crippen LogP contribution in [0.2, 0.25) is 0 Å². The molecule has 0 saturated carbocycles. The van der Waals surface area contributed by atoms with Gasteiger partial charge in [-0.1, -0.05) is 0 Å². The minimum absolute atomic E-state index is 0.163. The first-order valence-electron chi connectivity index (χ1n) is 8.14. The number of benzene rings is 1. The van der Waals surface area contributed by atoms with E-state index in [0.29, 0.717) is 18.5 Å². The van der Waals surface area contributed by atoms with Crippen LogP contribution < -0.4 is 0 Å². The standard InChI is InChI=1S/C17H21F3N2O2/c18-14-3-1-13(2-4-14)15(23)22-10-5-16(24,12-22)11-21-8-6-17(19,20)7-9-21/h1-4,24H,5-12H2/t16-/m1/s1. The van der Waals surface area contributed by atoms with Crippen molar-refractivity contribution in [2.75, 3.05) is 32.7 Å². The van der Waals surface area contributed by atoms with E-state index in [1.165, 1.54) is 29.2 Å². The highest BCUT2D eigenvalue weighted by Crippen LogP contribution is 2.30. The summed E-state index contributed by atoms with van der Waals surface area (Å²) in [5.74, 6) is -3.28. The number of carbonyl (C=O) groups is 1. The van der Waals surface area contributed by atoms with Crippen molar-refractivity contribution in [3.63, 3.8) is 0 Å². The van der Waals surface area contributed by atoms with Crippen LogP contribution in [0.15, 0.2) is 24.3 Å². The molecule has 0 unspecified atom stereocenters. The Hall–Kier alpha value is -1.60. The molecular weight excluding hydrogens is 321 g/mol. The monoisotopic (exact) mass is 342 g/mol. The lowest BCUT2D eigenvalue weighted by Gasteiger charge is -2.36. The molecule has 1 N–H and O–H groups in total. The first kappa shape index (κ1) is 17.2. The highest BCUT2D eigenvalue weighted by atomic mass is 19.3. The smallest absolute Gasteiger partial charge is 0.253 e. The first-order chi connectivity index (χ1) is 11.3. The molecule has 4 nitrogen and oxygen atoms in total. The third kappa shape index (κ3) is 3.89. The lowest BCUT2D eigenvalue weighted by molar-refractivity contribution is -0.0720. The van der Waals surface area contributed by atoms with Gasteiger partial charge in [-0.15, -0.1) is 0 Å². The maximum absolute atomic E-state index is 13.2. The van der Waals surface area contributed by atoms with Gasteiger partial charge in [0.25, 0.3) is 11.8 Å². The third-order valence-corrected chi connectivity index (χ3v) is 4.82. The molecule has 0 radical (unpaired) electrons. The second kappa shape index (κ2) is 6.37. The van der Waals surface area contributed by atoms with Gasteiger partial charge >= 0.3 is 0 Å². The SMILES string of the molecule is O=C(c1ccc(F)cc1)N1CC[C@@](O)(CN2CCC(F)(F)CC2)C1. The Morgan fingerprint density at radius 1 is 1.08 bits per heavy atom. The molecule has 24 heavy (non-hydrogen) atoms. The fourth-order valence-electron chi connectivity index (χ4n) is 3.39. The normalized spacial score (nSPS) is 27.4. The first-order valence-corrected chi connectivity index (χ1v) is 8.14. The van der Waals surface area contributed by atoms with E-state index >= 15 is 0 Å². The summed E-state index contributed by atoms with van der Waals surface area (Å²) in [6.07, 6.45) is 0.0233. The molecule has 2 saturated heterocycles. The summed E-state index contributed by atoms with van der Waals surface area (Å²) in [5.41, 5.74) is -0.708. The summed E-state index contributed by atoms with van der Waals surface area (Å²) < 4.78 is 39.3. The summed E-state index contributed by atoms with van der Waals surface area (Å²) in [4.78, 5) is 15.8. The van der Waals surface area contributed by atoms with Crippen LogP contribution in [-0.2, 0) is 0 Å². The van der Waals surface area contributed by atoms with Gasteiger partial charge in [-0.3, -0.25) is 9.69 Å². The molecule has 1 aromatic carbocycles. The van der Waals surface area contributed by atoms with E-state index in [9.17, 15) is 23.1 Å². The van der Waals surface area contributed by atoms with Crippen LogP contribution >= 0.6 is 0 Å². The predicted octanol–water partition coefficient (Wildman–Crippen LogP) is 2.13. The lowest BCUT2D eigenvalue weighted by Crippen LogP contribution is -2.49. The van der Waals surface area contributed by atoms with Crippen LogP contribution in [-0.4, -0.2) is 65.1 Å². The second-order valence-electron chi connectivity index (χ2n) is 6.84. The minimum atomic E-state index is -2.61. The third-order valence-electron chi connectivity index (χ3n) is 4.82. The predicted molar refractivity (Wildman–Crippen MR) is 82.5 cm³/mol. The van der Waals surface area contributed by atoms with E-state index in [-0.39, 0.29) is 44.9 Å². The zero-order valence-electron chi connectivity index (χ0n) is 13.4. The molecule has 2 heterocycles. The van der Waals surface area contributed by atoms with Crippen molar-refractivity contribution in [3.8, 4) is 0 Å². The van der Waals surface area contributed by atoms with Crippen molar-refractivity contribution in [2.24, 2.45) is 0 Å². The summed E-state index contributed by atoms with van der Waals surface area (Å²) in [7, 11) is 0. The van der Waals surface area contributed by atoms with Crippen LogP contribution in [0.5, 0.6) is 0 Å². The molecule has 132 valence electrons. The summed E-state index contributed by atoms with van der Waals surface area (Å²) >= 11 is 0. The van der Waals surface area contributed by atoms with Crippen LogP contribution in [0.25, 0.3) is 0 Å². The largest absolute Gasteiger partial charge is 0.387 e.